The van der Waals surface area contributed by atoms with Gasteiger partial charge in [-0.25, -0.2) is 15.0 Å². The highest BCUT2D eigenvalue weighted by atomic mass is 16.3. The van der Waals surface area contributed by atoms with Crippen LogP contribution in [0.5, 0.6) is 0 Å². The normalized spacial score (nSPS) is 20.1. The smallest absolute Gasteiger partial charge is 0.267 e. The Balaban J connectivity index is 1.44. The van der Waals surface area contributed by atoms with Crippen molar-refractivity contribution in [3.63, 3.8) is 0 Å². The van der Waals surface area contributed by atoms with Gasteiger partial charge in [0, 0.05) is 51.3 Å². The van der Waals surface area contributed by atoms with Crippen LogP contribution in [0.25, 0.3) is 22.3 Å². The topological polar surface area (TPSA) is 112 Å². The van der Waals surface area contributed by atoms with Crippen LogP contribution in [0.3, 0.4) is 0 Å². The third-order valence-electron chi connectivity index (χ3n) is 6.34. The zero-order valence-electron chi connectivity index (χ0n) is 18.9. The van der Waals surface area contributed by atoms with Crippen LogP contribution in [0.1, 0.15) is 12.0 Å². The second-order valence-electron chi connectivity index (χ2n) is 8.65. The standard InChI is InChI=1S/C25H24N6O3/c1-26-23(32)18-13-31(14-18)22-21-20(27-15-28-22)7-6-19(29-21)17-5-3-4-16(12-17)8-9-25(34)10-11-30(2)24(25)33/h3-7,12,15,18,34H,10-11,13-14H2,1-2H3,(H,26,32)/t25-/m0/s1. The molecule has 2 saturated heterocycles. The lowest BCUT2D eigenvalue weighted by atomic mass is 9.99. The number of likely N-dealkylation sites (tertiary alicyclic amines) is 1. The predicted octanol–water partition coefficient (Wildman–Crippen LogP) is 0.819. The lowest BCUT2D eigenvalue weighted by molar-refractivity contribution is -0.137. The van der Waals surface area contributed by atoms with Gasteiger partial charge in [0.2, 0.25) is 11.5 Å². The number of rotatable bonds is 3. The van der Waals surface area contributed by atoms with Gasteiger partial charge in [0.25, 0.3) is 5.91 Å². The quantitative estimate of drug-likeness (QED) is 0.561. The number of nitrogens with zero attached hydrogens (tertiary/aromatic N) is 5. The number of pyridine rings is 1. The first-order valence-electron chi connectivity index (χ1n) is 11.1. The molecule has 4 heterocycles. The molecule has 5 rings (SSSR count). The van der Waals surface area contributed by atoms with Crippen molar-refractivity contribution in [2.24, 2.45) is 5.92 Å². The van der Waals surface area contributed by atoms with E-state index in [1.54, 1.807) is 14.1 Å². The predicted molar refractivity (Wildman–Crippen MR) is 127 cm³/mol. The van der Waals surface area contributed by atoms with Gasteiger partial charge >= 0.3 is 0 Å². The molecule has 2 aliphatic heterocycles. The zero-order valence-corrected chi connectivity index (χ0v) is 18.9. The van der Waals surface area contributed by atoms with Crippen LogP contribution >= 0.6 is 0 Å². The van der Waals surface area contributed by atoms with E-state index in [9.17, 15) is 14.7 Å². The van der Waals surface area contributed by atoms with Gasteiger partial charge in [-0.15, -0.1) is 0 Å². The number of benzene rings is 1. The van der Waals surface area contributed by atoms with E-state index in [0.717, 1.165) is 16.8 Å². The van der Waals surface area contributed by atoms with E-state index >= 15 is 0 Å². The Morgan fingerprint density at radius 2 is 2.06 bits per heavy atom. The number of carbonyl (C=O) groups is 2. The molecule has 2 fully saturated rings. The van der Waals surface area contributed by atoms with E-state index in [1.807, 2.05) is 41.3 Å². The summed E-state index contributed by atoms with van der Waals surface area (Å²) in [4.78, 5) is 41.1. The van der Waals surface area contributed by atoms with Crippen molar-refractivity contribution in [2.75, 3.05) is 38.6 Å². The van der Waals surface area contributed by atoms with E-state index in [1.165, 1.54) is 11.2 Å². The molecule has 0 aliphatic carbocycles. The number of carbonyl (C=O) groups excluding carboxylic acids is 2. The molecule has 2 amide bonds. The van der Waals surface area contributed by atoms with Crippen LogP contribution < -0.4 is 10.2 Å². The fraction of sp³-hybridized carbons (Fsp3) is 0.320. The maximum Gasteiger partial charge on any atom is 0.267 e. The third kappa shape index (κ3) is 3.82. The maximum atomic E-state index is 12.2. The van der Waals surface area contributed by atoms with Crippen LogP contribution in [-0.4, -0.2) is 76.1 Å². The van der Waals surface area contributed by atoms with Gasteiger partial charge in [0.1, 0.15) is 11.8 Å². The highest BCUT2D eigenvalue weighted by molar-refractivity contribution is 5.91. The van der Waals surface area contributed by atoms with Crippen LogP contribution in [0, 0.1) is 17.8 Å². The van der Waals surface area contributed by atoms with E-state index < -0.39 is 5.60 Å². The lowest BCUT2D eigenvalue weighted by Crippen LogP contribution is -2.53. The minimum atomic E-state index is -1.64. The molecule has 9 heteroatoms. The molecule has 1 atom stereocenters. The van der Waals surface area contributed by atoms with Crippen LogP contribution in [0.15, 0.2) is 42.7 Å². The van der Waals surface area contributed by atoms with Crippen molar-refractivity contribution in [1.29, 1.82) is 0 Å². The summed E-state index contributed by atoms with van der Waals surface area (Å²) in [5, 5.41) is 13.2. The summed E-state index contributed by atoms with van der Waals surface area (Å²) in [7, 11) is 3.30. The highest BCUT2D eigenvalue weighted by Crippen LogP contribution is 2.30. The van der Waals surface area contributed by atoms with Gasteiger partial charge in [-0.2, -0.15) is 0 Å². The van der Waals surface area contributed by atoms with E-state index in [-0.39, 0.29) is 17.7 Å². The molecule has 3 aromatic rings. The molecule has 0 unspecified atom stereocenters. The van der Waals surface area contributed by atoms with Gasteiger partial charge < -0.3 is 20.2 Å². The minimum Gasteiger partial charge on any atom is -0.369 e. The fourth-order valence-corrected chi connectivity index (χ4v) is 4.24. The molecule has 2 N–H and O–H groups in total. The van der Waals surface area contributed by atoms with Crippen LogP contribution in [-0.2, 0) is 9.59 Å². The summed E-state index contributed by atoms with van der Waals surface area (Å²) in [6, 6.07) is 11.3. The summed E-state index contributed by atoms with van der Waals surface area (Å²) >= 11 is 0. The molecule has 0 saturated carbocycles. The Morgan fingerprint density at radius 1 is 1.24 bits per heavy atom. The number of anilines is 1. The van der Waals surface area contributed by atoms with Gasteiger partial charge in [-0.1, -0.05) is 24.0 Å². The molecule has 2 aromatic heterocycles. The Morgan fingerprint density at radius 3 is 2.79 bits per heavy atom. The number of aromatic nitrogens is 3. The number of hydrogen-bond acceptors (Lipinski definition) is 7. The molecule has 0 spiro atoms. The van der Waals surface area contributed by atoms with Crippen molar-refractivity contribution in [1.82, 2.24) is 25.2 Å². The Labute approximate surface area is 196 Å². The molecule has 2 aliphatic rings. The molecule has 0 bridgehead atoms. The summed E-state index contributed by atoms with van der Waals surface area (Å²) in [5.74, 6) is 6.00. The molecule has 1 aromatic carbocycles. The highest BCUT2D eigenvalue weighted by Gasteiger charge is 2.42. The molecule has 0 radical (unpaired) electrons. The first-order valence-corrected chi connectivity index (χ1v) is 11.1. The van der Waals surface area contributed by atoms with Gasteiger partial charge in [0.15, 0.2) is 5.82 Å². The second kappa shape index (κ2) is 8.39. The van der Waals surface area contributed by atoms with E-state index in [4.69, 9.17) is 4.98 Å². The molecule has 34 heavy (non-hydrogen) atoms. The second-order valence-corrected chi connectivity index (χ2v) is 8.65. The minimum absolute atomic E-state index is 0.0248. The Bertz CT molecular complexity index is 1360. The van der Waals surface area contributed by atoms with Crippen molar-refractivity contribution in [3.8, 4) is 23.1 Å². The maximum absolute atomic E-state index is 12.2. The summed E-state index contributed by atoms with van der Waals surface area (Å²) in [6.45, 7) is 1.65. The summed E-state index contributed by atoms with van der Waals surface area (Å²) < 4.78 is 0. The van der Waals surface area contributed by atoms with Crippen molar-refractivity contribution >= 4 is 28.7 Å². The lowest BCUT2D eigenvalue weighted by Gasteiger charge is -2.38. The van der Waals surface area contributed by atoms with Crippen molar-refractivity contribution in [2.45, 2.75) is 12.0 Å². The Kier molecular flexibility index (Phi) is 5.38. The number of nitrogens with one attached hydrogen (secondary N) is 1. The number of fused-ring (bicyclic) bond motifs is 1. The average molecular weight is 457 g/mol. The summed E-state index contributed by atoms with van der Waals surface area (Å²) in [5.41, 5.74) is 2.00. The first-order chi connectivity index (χ1) is 16.4. The molecular weight excluding hydrogens is 432 g/mol. The number of aliphatic hydroxyl groups is 1. The van der Waals surface area contributed by atoms with Crippen molar-refractivity contribution < 1.29 is 14.7 Å². The van der Waals surface area contributed by atoms with Crippen molar-refractivity contribution in [3.05, 3.63) is 48.3 Å². The number of amides is 2. The molecular formula is C25H24N6O3. The molecule has 9 nitrogen and oxygen atoms in total. The average Bonchev–Trinajstić information content (AvgIpc) is 3.09. The number of hydrogen-bond donors (Lipinski definition) is 2. The van der Waals surface area contributed by atoms with E-state index in [2.05, 4.69) is 27.1 Å². The van der Waals surface area contributed by atoms with Crippen LogP contribution in [0.2, 0.25) is 0 Å². The van der Waals surface area contributed by atoms with Crippen LogP contribution in [0.4, 0.5) is 5.82 Å². The summed E-state index contributed by atoms with van der Waals surface area (Å²) in [6.07, 6.45) is 1.80. The fourth-order valence-electron chi connectivity index (χ4n) is 4.24. The third-order valence-corrected chi connectivity index (χ3v) is 6.34. The zero-order chi connectivity index (χ0) is 23.9. The Hall–Kier alpha value is -4.03. The van der Waals surface area contributed by atoms with E-state index in [0.29, 0.717) is 43.0 Å². The van der Waals surface area contributed by atoms with Gasteiger partial charge in [0.05, 0.1) is 17.1 Å². The number of likely N-dealkylation sites (N-methyl/N-ethyl adjacent to an activating group) is 1. The first kappa shape index (κ1) is 21.8. The largest absolute Gasteiger partial charge is 0.369 e. The van der Waals surface area contributed by atoms with Gasteiger partial charge in [-0.05, 0) is 24.3 Å². The molecule has 172 valence electrons. The monoisotopic (exact) mass is 456 g/mol. The SMILES string of the molecule is CNC(=O)C1CN(c2ncnc3ccc(-c4cccc(C#C[C@]5(O)CCN(C)C5=O)c4)nc23)C1. The van der Waals surface area contributed by atoms with Gasteiger partial charge in [-0.3, -0.25) is 9.59 Å².